The van der Waals surface area contributed by atoms with Gasteiger partial charge in [0, 0.05) is 6.04 Å². The fourth-order valence-electron chi connectivity index (χ4n) is 3.72. The van der Waals surface area contributed by atoms with Crippen LogP contribution in [0.1, 0.15) is 77.8 Å². The van der Waals surface area contributed by atoms with E-state index in [0.717, 1.165) is 6.54 Å². The van der Waals surface area contributed by atoms with Crippen LogP contribution in [-0.4, -0.2) is 12.6 Å². The molecule has 0 bridgehead atoms. The van der Waals surface area contributed by atoms with E-state index >= 15 is 0 Å². The summed E-state index contributed by atoms with van der Waals surface area (Å²) in [5.74, 6) is 0.714. The predicted molar refractivity (Wildman–Crippen MR) is 93.0 cm³/mol. The van der Waals surface area contributed by atoms with Crippen molar-refractivity contribution in [2.75, 3.05) is 6.54 Å². The number of benzene rings is 1. The number of rotatable bonds is 5. The summed E-state index contributed by atoms with van der Waals surface area (Å²) in [5, 5.41) is 3.75. The highest BCUT2D eigenvalue weighted by Gasteiger charge is 2.50. The fraction of sp³-hybridized carbons (Fsp3) is 0.700. The maximum Gasteiger partial charge on any atom is 0.0133 e. The van der Waals surface area contributed by atoms with Gasteiger partial charge in [-0.1, -0.05) is 65.8 Å². The highest BCUT2D eigenvalue weighted by Crippen LogP contribution is 2.54. The van der Waals surface area contributed by atoms with Crippen LogP contribution in [0.4, 0.5) is 0 Å². The summed E-state index contributed by atoms with van der Waals surface area (Å²) < 4.78 is 0. The fourth-order valence-corrected chi connectivity index (χ4v) is 3.72. The molecule has 0 aliphatic heterocycles. The summed E-state index contributed by atoms with van der Waals surface area (Å²) in [5.41, 5.74) is 3.63. The lowest BCUT2D eigenvalue weighted by Gasteiger charge is -2.55. The average molecular weight is 287 g/mol. The number of nitrogens with one attached hydrogen (secondary N) is 1. The summed E-state index contributed by atoms with van der Waals surface area (Å²) in [6, 6.07) is 10.1. The Bertz CT molecular complexity index is 454. The molecule has 1 saturated carbocycles. The summed E-state index contributed by atoms with van der Waals surface area (Å²) in [6.45, 7) is 15.1. The maximum absolute atomic E-state index is 3.75. The van der Waals surface area contributed by atoms with E-state index in [1.165, 1.54) is 30.4 Å². The van der Waals surface area contributed by atoms with E-state index in [4.69, 9.17) is 0 Å². The van der Waals surface area contributed by atoms with Gasteiger partial charge in [0.2, 0.25) is 0 Å². The van der Waals surface area contributed by atoms with Crippen molar-refractivity contribution in [2.45, 2.75) is 78.2 Å². The molecule has 0 heterocycles. The Morgan fingerprint density at radius 2 is 1.76 bits per heavy atom. The van der Waals surface area contributed by atoms with Crippen LogP contribution in [0.5, 0.6) is 0 Å². The minimum Gasteiger partial charge on any atom is -0.313 e. The molecule has 1 aliphatic carbocycles. The number of hydrogen-bond acceptors (Lipinski definition) is 1. The van der Waals surface area contributed by atoms with Gasteiger partial charge in [0.15, 0.2) is 0 Å². The van der Waals surface area contributed by atoms with Crippen molar-refractivity contribution in [3.8, 4) is 0 Å². The van der Waals surface area contributed by atoms with Gasteiger partial charge in [-0.3, -0.25) is 0 Å². The second kappa shape index (κ2) is 6.12. The summed E-state index contributed by atoms with van der Waals surface area (Å²) >= 11 is 0. The molecule has 21 heavy (non-hydrogen) atoms. The molecule has 1 fully saturated rings. The van der Waals surface area contributed by atoms with E-state index in [-0.39, 0.29) is 5.41 Å². The van der Waals surface area contributed by atoms with Crippen LogP contribution in [-0.2, 0) is 5.41 Å². The smallest absolute Gasteiger partial charge is 0.0133 e. The highest BCUT2D eigenvalue weighted by molar-refractivity contribution is 5.33. The normalized spacial score (nSPS) is 29.2. The Hall–Kier alpha value is -0.820. The lowest BCUT2D eigenvalue weighted by Crippen LogP contribution is -2.56. The van der Waals surface area contributed by atoms with Crippen molar-refractivity contribution in [3.63, 3.8) is 0 Å². The van der Waals surface area contributed by atoms with E-state index in [9.17, 15) is 0 Å². The summed E-state index contributed by atoms with van der Waals surface area (Å²) in [6.07, 6.45) is 3.76. The first-order chi connectivity index (χ1) is 9.82. The van der Waals surface area contributed by atoms with Crippen molar-refractivity contribution in [2.24, 2.45) is 5.41 Å². The van der Waals surface area contributed by atoms with Gasteiger partial charge in [0.05, 0.1) is 0 Å². The maximum atomic E-state index is 3.75. The van der Waals surface area contributed by atoms with Gasteiger partial charge >= 0.3 is 0 Å². The minimum atomic E-state index is 0.247. The zero-order valence-corrected chi connectivity index (χ0v) is 14.8. The van der Waals surface area contributed by atoms with Gasteiger partial charge in [0.1, 0.15) is 0 Å². The van der Waals surface area contributed by atoms with E-state index in [1.807, 2.05) is 0 Å². The molecule has 1 nitrogen and oxygen atoms in total. The largest absolute Gasteiger partial charge is 0.313 e. The van der Waals surface area contributed by atoms with Crippen LogP contribution in [0, 0.1) is 5.41 Å². The van der Waals surface area contributed by atoms with E-state index in [1.54, 1.807) is 0 Å². The predicted octanol–water partition coefficient (Wildman–Crippen LogP) is 5.26. The molecule has 3 unspecified atom stereocenters. The quantitative estimate of drug-likeness (QED) is 0.779. The standard InChI is InChI=1S/C20H33N/c1-7-13-21-18-14-17(20(18,6)8-2)15-9-11-16(12-10-15)19(3,4)5/h9-12,17-18,21H,7-8,13-14H2,1-6H3. The van der Waals surface area contributed by atoms with Gasteiger partial charge in [-0.2, -0.15) is 0 Å². The molecule has 1 aliphatic rings. The third-order valence-corrected chi connectivity index (χ3v) is 5.65. The molecular formula is C20H33N. The van der Waals surface area contributed by atoms with Crippen molar-refractivity contribution >= 4 is 0 Å². The first-order valence-corrected chi connectivity index (χ1v) is 8.66. The van der Waals surface area contributed by atoms with Gasteiger partial charge in [0.25, 0.3) is 0 Å². The first-order valence-electron chi connectivity index (χ1n) is 8.66. The SMILES string of the molecule is CCCNC1CC(c2ccc(C(C)(C)C)cc2)C1(C)CC. The molecule has 3 atom stereocenters. The van der Waals surface area contributed by atoms with Crippen LogP contribution < -0.4 is 5.32 Å². The Morgan fingerprint density at radius 3 is 2.24 bits per heavy atom. The van der Waals surface area contributed by atoms with Crippen LogP contribution in [0.3, 0.4) is 0 Å². The Labute approximate surface area is 131 Å². The van der Waals surface area contributed by atoms with Crippen molar-refractivity contribution in [3.05, 3.63) is 35.4 Å². The van der Waals surface area contributed by atoms with Gasteiger partial charge in [-0.05, 0) is 53.7 Å². The van der Waals surface area contributed by atoms with E-state index in [0.29, 0.717) is 17.4 Å². The lowest BCUT2D eigenvalue weighted by atomic mass is 9.54. The van der Waals surface area contributed by atoms with E-state index < -0.39 is 0 Å². The zero-order chi connectivity index (χ0) is 15.7. The summed E-state index contributed by atoms with van der Waals surface area (Å²) in [4.78, 5) is 0. The monoisotopic (exact) mass is 287 g/mol. The molecular weight excluding hydrogens is 254 g/mol. The molecule has 0 spiro atoms. The molecule has 0 radical (unpaired) electrons. The second-order valence-corrected chi connectivity index (χ2v) is 8.03. The molecule has 1 heteroatoms. The molecule has 2 rings (SSSR count). The topological polar surface area (TPSA) is 12.0 Å². The Kier molecular flexibility index (Phi) is 4.82. The van der Waals surface area contributed by atoms with Gasteiger partial charge in [-0.25, -0.2) is 0 Å². The van der Waals surface area contributed by atoms with Gasteiger partial charge in [-0.15, -0.1) is 0 Å². The highest BCUT2D eigenvalue weighted by atomic mass is 15.0. The third-order valence-electron chi connectivity index (χ3n) is 5.65. The van der Waals surface area contributed by atoms with Gasteiger partial charge < -0.3 is 5.32 Å². The molecule has 0 aromatic heterocycles. The Morgan fingerprint density at radius 1 is 1.14 bits per heavy atom. The molecule has 0 amide bonds. The molecule has 118 valence electrons. The Balaban J connectivity index is 2.12. The van der Waals surface area contributed by atoms with Crippen LogP contribution in [0.15, 0.2) is 24.3 Å². The molecule has 1 aromatic rings. The molecule has 1 N–H and O–H groups in total. The van der Waals surface area contributed by atoms with Crippen molar-refractivity contribution in [1.29, 1.82) is 0 Å². The zero-order valence-electron chi connectivity index (χ0n) is 14.8. The minimum absolute atomic E-state index is 0.247. The molecule has 1 aromatic carbocycles. The average Bonchev–Trinajstić information content (AvgIpc) is 2.45. The molecule has 0 saturated heterocycles. The van der Waals surface area contributed by atoms with Crippen molar-refractivity contribution < 1.29 is 0 Å². The summed E-state index contributed by atoms with van der Waals surface area (Å²) in [7, 11) is 0. The van der Waals surface area contributed by atoms with Crippen LogP contribution in [0.25, 0.3) is 0 Å². The second-order valence-electron chi connectivity index (χ2n) is 8.03. The van der Waals surface area contributed by atoms with Crippen LogP contribution >= 0.6 is 0 Å². The van der Waals surface area contributed by atoms with Crippen LogP contribution in [0.2, 0.25) is 0 Å². The number of hydrogen-bond donors (Lipinski definition) is 1. The third kappa shape index (κ3) is 3.18. The van der Waals surface area contributed by atoms with E-state index in [2.05, 4.69) is 71.1 Å². The first kappa shape index (κ1) is 16.5. The van der Waals surface area contributed by atoms with Crippen molar-refractivity contribution in [1.82, 2.24) is 5.32 Å². The lowest BCUT2D eigenvalue weighted by molar-refractivity contribution is 0.0445.